The molecule has 5 rings (SSSR count). The van der Waals surface area contributed by atoms with Gasteiger partial charge >= 0.3 is 0 Å². The van der Waals surface area contributed by atoms with Crippen molar-refractivity contribution in [2.24, 2.45) is 0 Å². The lowest BCUT2D eigenvalue weighted by molar-refractivity contribution is 0.0718. The van der Waals surface area contributed by atoms with E-state index in [1.165, 1.54) is 10.8 Å². The number of rotatable bonds is 4. The van der Waals surface area contributed by atoms with Crippen LogP contribution in [0.3, 0.4) is 0 Å². The Morgan fingerprint density at radius 2 is 1.61 bits per heavy atom. The Bertz CT molecular complexity index is 1200. The molecule has 0 spiro atoms. The van der Waals surface area contributed by atoms with Crippen molar-refractivity contribution < 1.29 is 4.79 Å². The van der Waals surface area contributed by atoms with E-state index in [1.54, 1.807) is 6.20 Å². The second-order valence-electron chi connectivity index (χ2n) is 7.90. The fourth-order valence-corrected chi connectivity index (χ4v) is 4.11. The van der Waals surface area contributed by atoms with Crippen LogP contribution in [-0.4, -0.2) is 39.9 Å². The van der Waals surface area contributed by atoms with Crippen molar-refractivity contribution in [2.45, 2.75) is 18.9 Å². The fourth-order valence-electron chi connectivity index (χ4n) is 4.11. The number of likely N-dealkylation sites (tertiary alicyclic amines) is 1. The molecule has 154 valence electrons. The molecule has 0 saturated carbocycles. The first kappa shape index (κ1) is 19.2. The van der Waals surface area contributed by atoms with E-state index in [1.807, 2.05) is 53.4 Å². The van der Waals surface area contributed by atoms with E-state index < -0.39 is 0 Å². The third-order valence-corrected chi connectivity index (χ3v) is 5.84. The van der Waals surface area contributed by atoms with Crippen LogP contribution in [0.15, 0.2) is 85.1 Å². The quantitative estimate of drug-likeness (QED) is 0.515. The van der Waals surface area contributed by atoms with E-state index in [4.69, 9.17) is 4.98 Å². The van der Waals surface area contributed by atoms with Gasteiger partial charge in [0.05, 0.1) is 5.69 Å². The molecular formula is C26H24N4O. The van der Waals surface area contributed by atoms with Gasteiger partial charge in [0, 0.05) is 36.5 Å². The molecule has 3 aromatic carbocycles. The number of anilines is 1. The molecule has 31 heavy (non-hydrogen) atoms. The molecule has 1 N–H and O–H groups in total. The monoisotopic (exact) mass is 408 g/mol. The fraction of sp³-hybridized carbons (Fsp3) is 0.192. The molecule has 0 atom stereocenters. The van der Waals surface area contributed by atoms with Crippen LogP contribution >= 0.6 is 0 Å². The predicted octanol–water partition coefficient (Wildman–Crippen LogP) is 5.01. The molecule has 4 aromatic rings. The molecule has 2 heterocycles. The standard InChI is InChI=1S/C26H24N4O/c31-25(20-7-2-1-3-8-20)30-16-13-23(14-17-30)28-26-27-15-12-24(29-26)22-11-10-19-6-4-5-9-21(19)18-22/h1-12,15,18,23H,13-14,16-17H2,(H,27,28,29). The lowest BCUT2D eigenvalue weighted by Crippen LogP contribution is -2.42. The molecule has 1 saturated heterocycles. The lowest BCUT2D eigenvalue weighted by atomic mass is 10.0. The third kappa shape index (κ3) is 4.26. The smallest absolute Gasteiger partial charge is 0.253 e. The second-order valence-corrected chi connectivity index (χ2v) is 7.90. The average Bonchev–Trinajstić information content (AvgIpc) is 2.84. The highest BCUT2D eigenvalue weighted by molar-refractivity contribution is 5.94. The van der Waals surface area contributed by atoms with Gasteiger partial charge in [-0.2, -0.15) is 0 Å². The summed E-state index contributed by atoms with van der Waals surface area (Å²) in [6.45, 7) is 1.46. The van der Waals surface area contributed by atoms with Gasteiger partial charge in [0.2, 0.25) is 5.95 Å². The van der Waals surface area contributed by atoms with Crippen LogP contribution in [0.25, 0.3) is 22.0 Å². The molecule has 1 amide bonds. The number of hydrogen-bond acceptors (Lipinski definition) is 4. The van der Waals surface area contributed by atoms with Crippen molar-refractivity contribution in [1.82, 2.24) is 14.9 Å². The van der Waals surface area contributed by atoms with Gasteiger partial charge in [-0.3, -0.25) is 4.79 Å². The van der Waals surface area contributed by atoms with E-state index in [0.29, 0.717) is 5.95 Å². The summed E-state index contributed by atoms with van der Waals surface area (Å²) in [5.41, 5.74) is 2.73. The molecule has 0 radical (unpaired) electrons. The maximum Gasteiger partial charge on any atom is 0.253 e. The van der Waals surface area contributed by atoms with E-state index >= 15 is 0 Å². The minimum Gasteiger partial charge on any atom is -0.351 e. The Hall–Kier alpha value is -3.73. The van der Waals surface area contributed by atoms with Crippen LogP contribution in [0.2, 0.25) is 0 Å². The number of carbonyl (C=O) groups excluding carboxylic acids is 1. The number of benzene rings is 3. The van der Waals surface area contributed by atoms with Gasteiger partial charge in [-0.15, -0.1) is 0 Å². The number of carbonyl (C=O) groups is 1. The Kier molecular flexibility index (Phi) is 5.31. The summed E-state index contributed by atoms with van der Waals surface area (Å²) in [6.07, 6.45) is 3.55. The number of fused-ring (bicyclic) bond motifs is 1. The first-order chi connectivity index (χ1) is 15.3. The summed E-state index contributed by atoms with van der Waals surface area (Å²) in [4.78, 5) is 23.7. The summed E-state index contributed by atoms with van der Waals surface area (Å²) in [5, 5.41) is 5.88. The van der Waals surface area contributed by atoms with E-state index in [9.17, 15) is 4.79 Å². The van der Waals surface area contributed by atoms with Crippen molar-refractivity contribution in [3.8, 4) is 11.3 Å². The number of nitrogens with one attached hydrogen (secondary N) is 1. The van der Waals surface area contributed by atoms with Crippen LogP contribution in [0, 0.1) is 0 Å². The van der Waals surface area contributed by atoms with Crippen molar-refractivity contribution in [3.63, 3.8) is 0 Å². The SMILES string of the molecule is O=C(c1ccccc1)N1CCC(Nc2nccc(-c3ccc4ccccc4c3)n2)CC1. The first-order valence-electron chi connectivity index (χ1n) is 10.7. The summed E-state index contributed by atoms with van der Waals surface area (Å²) in [6, 6.07) is 26.4. The lowest BCUT2D eigenvalue weighted by Gasteiger charge is -2.32. The van der Waals surface area contributed by atoms with Crippen molar-refractivity contribution in [2.75, 3.05) is 18.4 Å². The average molecular weight is 409 g/mol. The number of aromatic nitrogens is 2. The normalized spacial score (nSPS) is 14.5. The minimum atomic E-state index is 0.105. The van der Waals surface area contributed by atoms with Gasteiger partial charge in [0.25, 0.3) is 5.91 Å². The summed E-state index contributed by atoms with van der Waals surface area (Å²) < 4.78 is 0. The molecule has 1 aliphatic heterocycles. The molecule has 0 aliphatic carbocycles. The van der Waals surface area contributed by atoms with E-state index in [2.05, 4.69) is 40.6 Å². The van der Waals surface area contributed by atoms with Gasteiger partial charge in [-0.25, -0.2) is 9.97 Å². The van der Waals surface area contributed by atoms with Crippen LogP contribution in [-0.2, 0) is 0 Å². The molecule has 5 heteroatoms. The highest BCUT2D eigenvalue weighted by Crippen LogP contribution is 2.24. The highest BCUT2D eigenvalue weighted by Gasteiger charge is 2.24. The van der Waals surface area contributed by atoms with Gasteiger partial charge in [0.15, 0.2) is 0 Å². The molecule has 1 aliphatic rings. The topological polar surface area (TPSA) is 58.1 Å². The largest absolute Gasteiger partial charge is 0.351 e. The van der Waals surface area contributed by atoms with E-state index in [-0.39, 0.29) is 11.9 Å². The molecule has 5 nitrogen and oxygen atoms in total. The zero-order valence-electron chi connectivity index (χ0n) is 17.2. The molecular weight excluding hydrogens is 384 g/mol. The van der Waals surface area contributed by atoms with Crippen LogP contribution in [0.1, 0.15) is 23.2 Å². The molecule has 0 unspecified atom stereocenters. The molecule has 1 fully saturated rings. The maximum atomic E-state index is 12.6. The Morgan fingerprint density at radius 3 is 2.42 bits per heavy atom. The summed E-state index contributed by atoms with van der Waals surface area (Å²) in [5.74, 6) is 0.743. The zero-order valence-corrected chi connectivity index (χ0v) is 17.2. The molecule has 1 aromatic heterocycles. The van der Waals surface area contributed by atoms with Crippen LogP contribution in [0.5, 0.6) is 0 Å². The highest BCUT2D eigenvalue weighted by atomic mass is 16.2. The van der Waals surface area contributed by atoms with Crippen molar-refractivity contribution in [3.05, 3.63) is 90.6 Å². The Labute approximate surface area is 181 Å². The number of piperidine rings is 1. The summed E-state index contributed by atoms with van der Waals surface area (Å²) in [7, 11) is 0. The second kappa shape index (κ2) is 8.56. The number of hydrogen-bond donors (Lipinski definition) is 1. The number of nitrogens with zero attached hydrogens (tertiary/aromatic N) is 3. The minimum absolute atomic E-state index is 0.105. The Morgan fingerprint density at radius 1 is 0.871 bits per heavy atom. The van der Waals surface area contributed by atoms with Gasteiger partial charge in [-0.1, -0.05) is 54.6 Å². The van der Waals surface area contributed by atoms with Crippen molar-refractivity contribution >= 4 is 22.6 Å². The summed E-state index contributed by atoms with van der Waals surface area (Å²) >= 11 is 0. The van der Waals surface area contributed by atoms with Gasteiger partial charge in [-0.05, 0) is 47.9 Å². The van der Waals surface area contributed by atoms with Gasteiger partial charge < -0.3 is 10.2 Å². The molecule has 0 bridgehead atoms. The Balaban J connectivity index is 1.25. The van der Waals surface area contributed by atoms with Crippen LogP contribution in [0.4, 0.5) is 5.95 Å². The number of amides is 1. The maximum absolute atomic E-state index is 12.6. The zero-order chi connectivity index (χ0) is 21.0. The van der Waals surface area contributed by atoms with Crippen LogP contribution < -0.4 is 5.32 Å². The predicted molar refractivity (Wildman–Crippen MR) is 124 cm³/mol. The van der Waals surface area contributed by atoms with E-state index in [0.717, 1.165) is 42.8 Å². The third-order valence-electron chi connectivity index (χ3n) is 5.84. The van der Waals surface area contributed by atoms with Crippen molar-refractivity contribution in [1.29, 1.82) is 0 Å². The van der Waals surface area contributed by atoms with Gasteiger partial charge in [0.1, 0.15) is 0 Å². The first-order valence-corrected chi connectivity index (χ1v) is 10.7.